The molecule has 0 amide bonds. The molecule has 2 aromatic carbocycles. The summed E-state index contributed by atoms with van der Waals surface area (Å²) in [7, 11) is 4.26. The number of fused-ring (bicyclic) bond motifs is 2. The van der Waals surface area contributed by atoms with Gasteiger partial charge in [-0.3, -0.25) is 0 Å². The molecule has 0 saturated carbocycles. The van der Waals surface area contributed by atoms with Crippen LogP contribution in [0.15, 0.2) is 64.4 Å². The number of aliphatic carboxylic acids is 2. The molecular weight excluding hydrogens is 442 g/mol. The van der Waals surface area contributed by atoms with Crippen molar-refractivity contribution in [2.45, 2.75) is 21.5 Å². The molecule has 30 heavy (non-hydrogen) atoms. The molecule has 2 aromatic rings. The average Bonchev–Trinajstić information content (AvgIpc) is 2.83. The van der Waals surface area contributed by atoms with Crippen LogP contribution >= 0.6 is 35.1 Å². The van der Waals surface area contributed by atoms with Gasteiger partial charge in [0.1, 0.15) is 0 Å². The van der Waals surface area contributed by atoms with Crippen LogP contribution in [0.4, 0.5) is 0 Å². The number of hydrogen-bond acceptors (Lipinski definition) is 5. The molecule has 8 heteroatoms. The fraction of sp³-hybridized carbons (Fsp3) is 0.273. The summed E-state index contributed by atoms with van der Waals surface area (Å²) >= 11 is 10.2. The van der Waals surface area contributed by atoms with Gasteiger partial charge in [0, 0.05) is 44.5 Å². The third-order valence-corrected chi connectivity index (χ3v) is 6.83. The maximum Gasteiger partial charge on any atom is 0.328 e. The zero-order valence-corrected chi connectivity index (χ0v) is 19.1. The molecule has 5 nitrogen and oxygen atoms in total. The Morgan fingerprint density at radius 2 is 1.80 bits per heavy atom. The monoisotopic (exact) mass is 465 g/mol. The topological polar surface area (TPSA) is 77.8 Å². The summed E-state index contributed by atoms with van der Waals surface area (Å²) in [5.74, 6) is -1.38. The Bertz CT molecular complexity index is 902. The van der Waals surface area contributed by atoms with Gasteiger partial charge in [0.25, 0.3) is 0 Å². The summed E-state index contributed by atoms with van der Waals surface area (Å²) in [5.41, 5.74) is 2.83. The Morgan fingerprint density at radius 1 is 1.13 bits per heavy atom. The summed E-state index contributed by atoms with van der Waals surface area (Å²) < 4.78 is 0. The lowest BCUT2D eigenvalue weighted by molar-refractivity contribution is -0.134. The molecule has 0 bridgehead atoms. The average molecular weight is 466 g/mol. The predicted molar refractivity (Wildman–Crippen MR) is 124 cm³/mol. The third kappa shape index (κ3) is 8.07. The van der Waals surface area contributed by atoms with Crippen molar-refractivity contribution >= 4 is 47.1 Å². The molecule has 1 unspecified atom stereocenters. The molecule has 0 aliphatic carbocycles. The molecule has 0 fully saturated rings. The minimum Gasteiger partial charge on any atom is -0.478 e. The van der Waals surface area contributed by atoms with Gasteiger partial charge in [-0.15, -0.1) is 0 Å². The predicted octanol–water partition coefficient (Wildman–Crippen LogP) is 5.10. The number of carboxylic acids is 2. The number of halogens is 1. The Hall–Kier alpha value is -1.93. The first-order valence-corrected chi connectivity index (χ1v) is 11.5. The van der Waals surface area contributed by atoms with Gasteiger partial charge in [-0.1, -0.05) is 41.6 Å². The molecule has 1 aliphatic heterocycles. The lowest BCUT2D eigenvalue weighted by Gasteiger charge is -2.19. The van der Waals surface area contributed by atoms with E-state index in [2.05, 4.69) is 55.4 Å². The smallest absolute Gasteiger partial charge is 0.328 e. The molecular formula is C22H24ClNO4S2. The lowest BCUT2D eigenvalue weighted by atomic mass is 10.0. The first-order valence-electron chi connectivity index (χ1n) is 9.21. The van der Waals surface area contributed by atoms with Gasteiger partial charge in [-0.05, 0) is 55.9 Å². The van der Waals surface area contributed by atoms with Crippen LogP contribution in [0.2, 0.25) is 5.02 Å². The molecule has 3 rings (SSSR count). The van der Waals surface area contributed by atoms with Crippen molar-refractivity contribution in [3.05, 3.63) is 70.8 Å². The highest BCUT2D eigenvalue weighted by Crippen LogP contribution is 2.46. The number of hydrogen-bond donors (Lipinski definition) is 2. The van der Waals surface area contributed by atoms with E-state index in [1.54, 1.807) is 0 Å². The van der Waals surface area contributed by atoms with E-state index in [9.17, 15) is 9.59 Å². The van der Waals surface area contributed by atoms with Gasteiger partial charge >= 0.3 is 11.9 Å². The number of carboxylic acid groups (broad SMARTS) is 2. The van der Waals surface area contributed by atoms with Crippen molar-refractivity contribution in [1.82, 2.24) is 4.90 Å². The van der Waals surface area contributed by atoms with Crippen LogP contribution in [0, 0.1) is 0 Å². The van der Waals surface area contributed by atoms with Crippen LogP contribution in [0.1, 0.15) is 16.4 Å². The summed E-state index contributed by atoms with van der Waals surface area (Å²) in [6.45, 7) is 1.10. The van der Waals surface area contributed by atoms with Gasteiger partial charge in [-0.2, -0.15) is 11.8 Å². The van der Waals surface area contributed by atoms with Crippen LogP contribution in [0.5, 0.6) is 0 Å². The molecule has 1 aliphatic rings. The maximum atomic E-state index is 9.55. The van der Waals surface area contributed by atoms with Crippen LogP contribution in [0.25, 0.3) is 0 Å². The zero-order valence-electron chi connectivity index (χ0n) is 16.7. The second-order valence-corrected chi connectivity index (χ2v) is 9.60. The van der Waals surface area contributed by atoms with Crippen molar-refractivity contribution < 1.29 is 19.8 Å². The van der Waals surface area contributed by atoms with Crippen molar-refractivity contribution in [1.29, 1.82) is 0 Å². The maximum absolute atomic E-state index is 9.55. The van der Waals surface area contributed by atoms with E-state index in [1.165, 1.54) is 20.9 Å². The van der Waals surface area contributed by atoms with Crippen molar-refractivity contribution in [2.24, 2.45) is 0 Å². The largest absolute Gasteiger partial charge is 0.478 e. The normalized spacial score (nSPS) is 15.0. The molecule has 2 N–H and O–H groups in total. The van der Waals surface area contributed by atoms with Crippen LogP contribution < -0.4 is 0 Å². The molecule has 0 aromatic heterocycles. The number of nitrogens with zero attached hydrogens (tertiary/aromatic N) is 1. The van der Waals surface area contributed by atoms with E-state index >= 15 is 0 Å². The van der Waals surface area contributed by atoms with Crippen LogP contribution in [-0.2, 0) is 16.0 Å². The Kier molecular flexibility index (Phi) is 9.78. The SMILES string of the molecule is CN(C)CCSC1Cc2ccccc2Sc2ccc(Cl)cc21.O=C(O)/C=C/C(=O)O. The van der Waals surface area contributed by atoms with Gasteiger partial charge in [0.05, 0.1) is 0 Å². The summed E-state index contributed by atoms with van der Waals surface area (Å²) in [4.78, 5) is 24.1. The minimum absolute atomic E-state index is 0.477. The van der Waals surface area contributed by atoms with Crippen LogP contribution in [0.3, 0.4) is 0 Å². The summed E-state index contributed by atoms with van der Waals surface area (Å²) in [5, 5.41) is 16.9. The molecule has 160 valence electrons. The summed E-state index contributed by atoms with van der Waals surface area (Å²) in [6, 6.07) is 15.1. The van der Waals surface area contributed by atoms with E-state index in [1.807, 2.05) is 29.6 Å². The third-order valence-electron chi connectivity index (χ3n) is 4.14. The fourth-order valence-corrected chi connectivity index (χ4v) is 5.54. The molecule has 0 spiro atoms. The van der Waals surface area contributed by atoms with Crippen LogP contribution in [-0.4, -0.2) is 53.4 Å². The Labute approximate surface area is 190 Å². The highest BCUT2D eigenvalue weighted by molar-refractivity contribution is 8.00. The molecule has 1 atom stereocenters. The summed E-state index contributed by atoms with van der Waals surface area (Å²) in [6.07, 6.45) is 2.19. The van der Waals surface area contributed by atoms with E-state index in [4.69, 9.17) is 21.8 Å². The zero-order chi connectivity index (χ0) is 22.1. The van der Waals surface area contributed by atoms with E-state index < -0.39 is 11.9 Å². The number of thioether (sulfide) groups is 1. The minimum atomic E-state index is -1.26. The Morgan fingerprint density at radius 3 is 2.43 bits per heavy atom. The molecule has 0 radical (unpaired) electrons. The molecule has 0 saturated heterocycles. The van der Waals surface area contributed by atoms with Gasteiger partial charge < -0.3 is 15.1 Å². The fourth-order valence-electron chi connectivity index (χ4n) is 2.73. The number of benzene rings is 2. The highest BCUT2D eigenvalue weighted by Gasteiger charge is 2.23. The second kappa shape index (κ2) is 12.1. The lowest BCUT2D eigenvalue weighted by Crippen LogP contribution is -2.15. The van der Waals surface area contributed by atoms with Gasteiger partial charge in [-0.25, -0.2) is 9.59 Å². The van der Waals surface area contributed by atoms with Gasteiger partial charge in [0.15, 0.2) is 0 Å². The number of rotatable bonds is 6. The first-order chi connectivity index (χ1) is 14.3. The first kappa shape index (κ1) is 24.3. The van der Waals surface area contributed by atoms with Crippen molar-refractivity contribution in [3.63, 3.8) is 0 Å². The number of carbonyl (C=O) groups is 2. The van der Waals surface area contributed by atoms with E-state index in [-0.39, 0.29) is 0 Å². The van der Waals surface area contributed by atoms with Crippen molar-refractivity contribution in [3.8, 4) is 0 Å². The van der Waals surface area contributed by atoms with E-state index in [0.29, 0.717) is 17.4 Å². The molecule has 1 heterocycles. The quantitative estimate of drug-likeness (QED) is 0.575. The van der Waals surface area contributed by atoms with E-state index in [0.717, 1.165) is 23.7 Å². The standard InChI is InChI=1S/C18H20ClNS2.C4H4O4/c1-20(2)9-10-21-18-11-13-5-3-4-6-16(13)22-17-8-7-14(19)12-15(17)18;5-3(6)1-2-4(7)8/h3-8,12,18H,9-11H2,1-2H3;1-2H,(H,5,6)(H,7,8)/b;2-1+. The van der Waals surface area contributed by atoms with Gasteiger partial charge in [0.2, 0.25) is 0 Å². The second-order valence-electron chi connectivity index (χ2n) is 6.77. The Balaban J connectivity index is 0.000000343. The highest BCUT2D eigenvalue weighted by atomic mass is 35.5. The van der Waals surface area contributed by atoms with Crippen molar-refractivity contribution in [2.75, 3.05) is 26.4 Å².